The molecule has 3 aromatic rings. The van der Waals surface area contributed by atoms with E-state index in [1.54, 1.807) is 7.11 Å². The fraction of sp³-hybridized carbons (Fsp3) is 0.364. The molecule has 148 valence electrons. The van der Waals surface area contributed by atoms with Crippen LogP contribution in [0.4, 0.5) is 20.2 Å². The highest BCUT2D eigenvalue weighted by atomic mass is 19.2. The van der Waals surface area contributed by atoms with Gasteiger partial charge in [0, 0.05) is 55.3 Å². The van der Waals surface area contributed by atoms with Crippen molar-refractivity contribution in [3.63, 3.8) is 0 Å². The van der Waals surface area contributed by atoms with E-state index in [4.69, 9.17) is 4.74 Å². The zero-order valence-corrected chi connectivity index (χ0v) is 16.2. The SMILES string of the molecule is COCCNC1CCc2c(c3ccc(Nc4ccc(F)c(F)c4)cc3n2C)C1. The third-order valence-corrected chi connectivity index (χ3v) is 5.57. The summed E-state index contributed by atoms with van der Waals surface area (Å²) in [6.45, 7) is 1.58. The molecule has 1 aromatic heterocycles. The monoisotopic (exact) mass is 385 g/mol. The summed E-state index contributed by atoms with van der Waals surface area (Å²) < 4.78 is 34.0. The van der Waals surface area contributed by atoms with Gasteiger partial charge >= 0.3 is 0 Å². The number of anilines is 2. The maximum atomic E-state index is 13.5. The van der Waals surface area contributed by atoms with E-state index >= 15 is 0 Å². The molecule has 1 aliphatic rings. The summed E-state index contributed by atoms with van der Waals surface area (Å²) in [6, 6.07) is 10.5. The van der Waals surface area contributed by atoms with E-state index in [9.17, 15) is 8.78 Å². The quantitative estimate of drug-likeness (QED) is 0.622. The normalized spacial score (nSPS) is 16.4. The molecule has 1 unspecified atom stereocenters. The van der Waals surface area contributed by atoms with Crippen LogP contribution in [0.3, 0.4) is 0 Å². The predicted molar refractivity (Wildman–Crippen MR) is 108 cm³/mol. The van der Waals surface area contributed by atoms with Crippen LogP contribution in [0.5, 0.6) is 0 Å². The minimum absolute atomic E-state index is 0.466. The molecular formula is C22H25F2N3O. The van der Waals surface area contributed by atoms with Crippen molar-refractivity contribution in [2.45, 2.75) is 25.3 Å². The van der Waals surface area contributed by atoms with Crippen molar-refractivity contribution in [1.82, 2.24) is 9.88 Å². The van der Waals surface area contributed by atoms with Crippen LogP contribution in [0.1, 0.15) is 17.7 Å². The number of hydrogen-bond acceptors (Lipinski definition) is 3. The second kappa shape index (κ2) is 7.89. The molecule has 0 radical (unpaired) electrons. The number of rotatable bonds is 6. The first-order valence-corrected chi connectivity index (χ1v) is 9.61. The second-order valence-electron chi connectivity index (χ2n) is 7.36. The standard InChI is InChI=1S/C22H25F2N3O/c1-27-21-8-5-14(25-9-10-28-2)11-18(21)17-6-3-16(13-22(17)27)26-15-4-7-19(23)20(24)12-15/h3-4,6-7,12-14,25-26H,5,8-11H2,1-2H3. The van der Waals surface area contributed by atoms with E-state index in [0.717, 1.165) is 49.7 Å². The molecular weight excluding hydrogens is 360 g/mol. The van der Waals surface area contributed by atoms with Crippen molar-refractivity contribution in [1.29, 1.82) is 0 Å². The summed E-state index contributed by atoms with van der Waals surface area (Å²) in [6.07, 6.45) is 3.16. The van der Waals surface area contributed by atoms with Crippen LogP contribution in [0.15, 0.2) is 36.4 Å². The van der Waals surface area contributed by atoms with Gasteiger partial charge < -0.3 is 19.9 Å². The first-order chi connectivity index (χ1) is 13.6. The number of methoxy groups -OCH3 is 1. The van der Waals surface area contributed by atoms with E-state index in [-0.39, 0.29) is 0 Å². The predicted octanol–water partition coefficient (Wildman–Crippen LogP) is 4.29. The number of fused-ring (bicyclic) bond motifs is 3. The fourth-order valence-electron chi connectivity index (χ4n) is 4.13. The van der Waals surface area contributed by atoms with Crippen LogP contribution in [0, 0.1) is 11.6 Å². The molecule has 28 heavy (non-hydrogen) atoms. The molecule has 0 aliphatic heterocycles. The lowest BCUT2D eigenvalue weighted by atomic mass is 9.91. The number of halogens is 2. The van der Waals surface area contributed by atoms with Crippen molar-refractivity contribution < 1.29 is 13.5 Å². The Morgan fingerprint density at radius 2 is 1.89 bits per heavy atom. The van der Waals surface area contributed by atoms with Gasteiger partial charge in [0.2, 0.25) is 0 Å². The number of nitrogens with one attached hydrogen (secondary N) is 2. The lowest BCUT2D eigenvalue weighted by Crippen LogP contribution is -2.36. The average molecular weight is 385 g/mol. The molecule has 0 saturated heterocycles. The Morgan fingerprint density at radius 3 is 2.68 bits per heavy atom. The highest BCUT2D eigenvalue weighted by Crippen LogP contribution is 2.33. The Bertz CT molecular complexity index is 999. The summed E-state index contributed by atoms with van der Waals surface area (Å²) >= 11 is 0. The van der Waals surface area contributed by atoms with E-state index in [0.29, 0.717) is 11.7 Å². The maximum absolute atomic E-state index is 13.5. The summed E-state index contributed by atoms with van der Waals surface area (Å²) in [7, 11) is 3.82. The maximum Gasteiger partial charge on any atom is 0.160 e. The first-order valence-electron chi connectivity index (χ1n) is 9.61. The number of nitrogens with zero attached hydrogens (tertiary/aromatic N) is 1. The minimum Gasteiger partial charge on any atom is -0.383 e. The molecule has 1 heterocycles. The number of ether oxygens (including phenoxy) is 1. The Balaban J connectivity index is 1.59. The van der Waals surface area contributed by atoms with Crippen molar-refractivity contribution >= 4 is 22.3 Å². The number of aromatic nitrogens is 1. The minimum atomic E-state index is -0.854. The molecule has 0 amide bonds. The number of hydrogen-bond donors (Lipinski definition) is 2. The molecule has 1 aliphatic carbocycles. The molecule has 0 fully saturated rings. The molecule has 2 aromatic carbocycles. The van der Waals surface area contributed by atoms with Crippen LogP contribution in [-0.4, -0.2) is 30.9 Å². The summed E-state index contributed by atoms with van der Waals surface area (Å²) in [4.78, 5) is 0. The average Bonchev–Trinajstić information content (AvgIpc) is 2.97. The lowest BCUT2D eigenvalue weighted by molar-refractivity contribution is 0.194. The van der Waals surface area contributed by atoms with Gasteiger partial charge in [0.15, 0.2) is 11.6 Å². The highest BCUT2D eigenvalue weighted by Gasteiger charge is 2.24. The van der Waals surface area contributed by atoms with Gasteiger partial charge in [-0.05, 0) is 49.1 Å². The first kappa shape index (κ1) is 18.9. The number of benzene rings is 2. The van der Waals surface area contributed by atoms with E-state index in [1.807, 2.05) is 6.07 Å². The fourth-order valence-corrected chi connectivity index (χ4v) is 4.13. The van der Waals surface area contributed by atoms with E-state index < -0.39 is 11.6 Å². The van der Waals surface area contributed by atoms with Crippen LogP contribution in [0.25, 0.3) is 10.9 Å². The third kappa shape index (κ3) is 3.62. The zero-order chi connectivity index (χ0) is 19.7. The highest BCUT2D eigenvalue weighted by molar-refractivity contribution is 5.89. The molecule has 6 heteroatoms. The lowest BCUT2D eigenvalue weighted by Gasteiger charge is -2.24. The third-order valence-electron chi connectivity index (χ3n) is 5.57. The topological polar surface area (TPSA) is 38.2 Å². The summed E-state index contributed by atoms with van der Waals surface area (Å²) in [5, 5.41) is 8.00. The molecule has 1 atom stereocenters. The van der Waals surface area contributed by atoms with Crippen molar-refractivity contribution in [2.24, 2.45) is 7.05 Å². The van der Waals surface area contributed by atoms with E-state index in [2.05, 4.69) is 34.4 Å². The van der Waals surface area contributed by atoms with Gasteiger partial charge in [-0.2, -0.15) is 0 Å². The van der Waals surface area contributed by atoms with Crippen molar-refractivity contribution in [3.8, 4) is 0 Å². The Morgan fingerprint density at radius 1 is 1.11 bits per heavy atom. The van der Waals surface area contributed by atoms with Gasteiger partial charge in [-0.25, -0.2) is 8.78 Å². The zero-order valence-electron chi connectivity index (χ0n) is 16.2. The molecule has 0 saturated carbocycles. The molecule has 4 nitrogen and oxygen atoms in total. The Hall–Kier alpha value is -2.44. The van der Waals surface area contributed by atoms with Crippen LogP contribution in [-0.2, 0) is 24.6 Å². The van der Waals surface area contributed by atoms with Gasteiger partial charge in [0.1, 0.15) is 0 Å². The number of aryl methyl sites for hydroxylation is 1. The van der Waals surface area contributed by atoms with Crippen LogP contribution in [0.2, 0.25) is 0 Å². The molecule has 0 bridgehead atoms. The van der Waals surface area contributed by atoms with Crippen LogP contribution >= 0.6 is 0 Å². The van der Waals surface area contributed by atoms with Gasteiger partial charge in [0.25, 0.3) is 0 Å². The molecule has 2 N–H and O–H groups in total. The summed E-state index contributed by atoms with van der Waals surface area (Å²) in [5.41, 5.74) is 5.31. The smallest absolute Gasteiger partial charge is 0.160 e. The van der Waals surface area contributed by atoms with Crippen molar-refractivity contribution in [3.05, 3.63) is 59.3 Å². The van der Waals surface area contributed by atoms with Crippen molar-refractivity contribution in [2.75, 3.05) is 25.6 Å². The van der Waals surface area contributed by atoms with Gasteiger partial charge in [-0.15, -0.1) is 0 Å². The van der Waals surface area contributed by atoms with Gasteiger partial charge in [-0.3, -0.25) is 0 Å². The van der Waals surface area contributed by atoms with E-state index in [1.165, 1.54) is 28.8 Å². The summed E-state index contributed by atoms with van der Waals surface area (Å²) in [5.74, 6) is -1.70. The van der Waals surface area contributed by atoms with Gasteiger partial charge in [0.05, 0.1) is 12.1 Å². The Kier molecular flexibility index (Phi) is 5.33. The molecule has 4 rings (SSSR count). The molecule has 0 spiro atoms. The Labute approximate surface area is 163 Å². The van der Waals surface area contributed by atoms with Crippen LogP contribution < -0.4 is 10.6 Å². The van der Waals surface area contributed by atoms with Gasteiger partial charge in [-0.1, -0.05) is 6.07 Å². The largest absolute Gasteiger partial charge is 0.383 e. The second-order valence-corrected chi connectivity index (χ2v) is 7.36.